The Morgan fingerprint density at radius 2 is 2.16 bits per heavy atom. The van der Waals surface area contributed by atoms with Crippen molar-refractivity contribution in [2.45, 2.75) is 13.0 Å². The molecule has 0 fully saturated rings. The summed E-state index contributed by atoms with van der Waals surface area (Å²) in [6.45, 7) is 2.12. The molecule has 3 rings (SSSR count). The highest BCUT2D eigenvalue weighted by Gasteiger charge is 2.20. The van der Waals surface area contributed by atoms with Crippen molar-refractivity contribution in [3.05, 3.63) is 52.0 Å². The normalized spacial score (nSPS) is 18.7. The number of thiocarbonyl (C=S) groups is 1. The van der Waals surface area contributed by atoms with E-state index in [-0.39, 0.29) is 6.04 Å². The van der Waals surface area contributed by atoms with Gasteiger partial charge in [0.1, 0.15) is 0 Å². The van der Waals surface area contributed by atoms with Gasteiger partial charge in [-0.15, -0.1) is 11.3 Å². The fourth-order valence-corrected chi connectivity index (χ4v) is 3.35. The minimum absolute atomic E-state index is 0.150. The van der Waals surface area contributed by atoms with Crippen LogP contribution in [0.15, 0.2) is 36.5 Å². The van der Waals surface area contributed by atoms with E-state index in [2.05, 4.69) is 46.4 Å². The van der Waals surface area contributed by atoms with Gasteiger partial charge in [0.05, 0.1) is 17.4 Å². The van der Waals surface area contributed by atoms with E-state index in [4.69, 9.17) is 12.2 Å². The molecule has 2 aromatic rings. The average Bonchev–Trinajstić information content (AvgIpc) is 2.97. The summed E-state index contributed by atoms with van der Waals surface area (Å²) >= 11 is 7.11. The zero-order chi connectivity index (χ0) is 13.4. The number of hydrogen-bond donors (Lipinski definition) is 2. The maximum absolute atomic E-state index is 5.32. The van der Waals surface area contributed by atoms with Crippen molar-refractivity contribution in [3.63, 3.8) is 0 Å². The number of thiophene rings is 1. The summed E-state index contributed by atoms with van der Waals surface area (Å²) in [5.74, 6) is 0. The van der Waals surface area contributed by atoms with Crippen LogP contribution in [0, 0.1) is 6.92 Å². The Morgan fingerprint density at radius 1 is 1.32 bits per heavy atom. The molecule has 1 atom stereocenters. The standard InChI is InChI=1S/C14H15N3S2/c1-9-5-6-13(19-9)11-8-10(15-14(18)16-11)12-4-3-7-17(12)2/h3-8,11H,1-2H3,(H2,15,16,18). The van der Waals surface area contributed by atoms with Crippen LogP contribution in [0.3, 0.4) is 0 Å². The first-order valence-electron chi connectivity index (χ1n) is 6.11. The molecule has 0 aliphatic carbocycles. The molecule has 1 aliphatic rings. The van der Waals surface area contributed by atoms with Gasteiger partial charge in [0, 0.05) is 23.0 Å². The van der Waals surface area contributed by atoms with Gasteiger partial charge >= 0.3 is 0 Å². The molecule has 0 bridgehead atoms. The minimum atomic E-state index is 0.150. The molecule has 0 amide bonds. The van der Waals surface area contributed by atoms with Crippen molar-refractivity contribution in [2.24, 2.45) is 7.05 Å². The third-order valence-electron chi connectivity index (χ3n) is 3.16. The minimum Gasteiger partial charge on any atom is -0.351 e. The van der Waals surface area contributed by atoms with Gasteiger partial charge < -0.3 is 15.2 Å². The van der Waals surface area contributed by atoms with Gasteiger partial charge in [-0.1, -0.05) is 0 Å². The van der Waals surface area contributed by atoms with Crippen LogP contribution in [0.4, 0.5) is 0 Å². The maximum Gasteiger partial charge on any atom is 0.171 e. The second-order valence-electron chi connectivity index (χ2n) is 4.61. The molecular formula is C14H15N3S2. The van der Waals surface area contributed by atoms with Gasteiger partial charge in [-0.05, 0) is 49.5 Å². The number of nitrogens with zero attached hydrogens (tertiary/aromatic N) is 1. The van der Waals surface area contributed by atoms with Gasteiger partial charge in [0.2, 0.25) is 0 Å². The first-order valence-corrected chi connectivity index (χ1v) is 7.33. The Hall–Kier alpha value is -1.59. The van der Waals surface area contributed by atoms with Crippen LogP contribution in [0.2, 0.25) is 0 Å². The van der Waals surface area contributed by atoms with E-state index >= 15 is 0 Å². The number of rotatable bonds is 2. The summed E-state index contributed by atoms with van der Waals surface area (Å²) < 4.78 is 2.09. The van der Waals surface area contributed by atoms with Crippen molar-refractivity contribution in [2.75, 3.05) is 0 Å². The van der Waals surface area contributed by atoms with Crippen molar-refractivity contribution in [1.82, 2.24) is 15.2 Å². The van der Waals surface area contributed by atoms with Gasteiger partial charge in [-0.2, -0.15) is 0 Å². The predicted molar refractivity (Wildman–Crippen MR) is 84.1 cm³/mol. The SMILES string of the molecule is Cc1ccc(C2C=C(c3cccn3C)NC(=S)N2)s1. The Morgan fingerprint density at radius 3 is 2.79 bits per heavy atom. The first kappa shape index (κ1) is 12.4. The second kappa shape index (κ2) is 4.83. The highest BCUT2D eigenvalue weighted by molar-refractivity contribution is 7.80. The molecular weight excluding hydrogens is 274 g/mol. The van der Waals surface area contributed by atoms with E-state index in [0.29, 0.717) is 5.11 Å². The summed E-state index contributed by atoms with van der Waals surface area (Å²) in [6.07, 6.45) is 4.23. The van der Waals surface area contributed by atoms with Crippen molar-refractivity contribution in [3.8, 4) is 0 Å². The quantitative estimate of drug-likeness (QED) is 0.833. The lowest BCUT2D eigenvalue weighted by Crippen LogP contribution is -2.40. The molecule has 0 spiro atoms. The summed E-state index contributed by atoms with van der Waals surface area (Å²) in [7, 11) is 2.03. The Bertz CT molecular complexity index is 651. The largest absolute Gasteiger partial charge is 0.351 e. The van der Waals surface area contributed by atoms with Gasteiger partial charge in [-0.3, -0.25) is 0 Å². The Labute approximate surface area is 122 Å². The topological polar surface area (TPSA) is 29.0 Å². The molecule has 2 N–H and O–H groups in total. The van der Waals surface area contributed by atoms with Gasteiger partial charge in [0.15, 0.2) is 5.11 Å². The third-order valence-corrected chi connectivity index (χ3v) is 4.46. The molecule has 5 heteroatoms. The number of aryl methyl sites for hydroxylation is 2. The predicted octanol–water partition coefficient (Wildman–Crippen LogP) is 2.95. The van der Waals surface area contributed by atoms with Crippen LogP contribution in [-0.2, 0) is 7.05 Å². The summed E-state index contributed by atoms with van der Waals surface area (Å²) in [5.41, 5.74) is 2.20. The Kier molecular flexibility index (Phi) is 3.16. The molecule has 3 heterocycles. The maximum atomic E-state index is 5.32. The number of aromatic nitrogens is 1. The number of nitrogens with one attached hydrogen (secondary N) is 2. The fourth-order valence-electron chi connectivity index (χ4n) is 2.21. The average molecular weight is 289 g/mol. The summed E-state index contributed by atoms with van der Waals surface area (Å²) in [6, 6.07) is 8.57. The molecule has 0 aromatic carbocycles. The Balaban J connectivity index is 1.98. The van der Waals surface area contributed by atoms with E-state index in [0.717, 1.165) is 11.4 Å². The monoisotopic (exact) mass is 289 g/mol. The van der Waals surface area contributed by atoms with Gasteiger partial charge in [-0.25, -0.2) is 0 Å². The molecule has 1 aliphatic heterocycles. The molecule has 3 nitrogen and oxygen atoms in total. The lowest BCUT2D eigenvalue weighted by molar-refractivity contribution is 0.773. The summed E-state index contributed by atoms with van der Waals surface area (Å²) in [5, 5.41) is 7.21. The van der Waals surface area contributed by atoms with Crippen molar-refractivity contribution >= 4 is 34.4 Å². The van der Waals surface area contributed by atoms with Crippen LogP contribution in [-0.4, -0.2) is 9.68 Å². The van der Waals surface area contributed by atoms with E-state index in [1.54, 1.807) is 11.3 Å². The highest BCUT2D eigenvalue weighted by atomic mass is 32.1. The van der Waals surface area contributed by atoms with Crippen LogP contribution < -0.4 is 10.6 Å². The van der Waals surface area contributed by atoms with E-state index in [9.17, 15) is 0 Å². The summed E-state index contributed by atoms with van der Waals surface area (Å²) in [4.78, 5) is 2.60. The van der Waals surface area contributed by atoms with Crippen molar-refractivity contribution in [1.29, 1.82) is 0 Å². The van der Waals surface area contributed by atoms with Crippen LogP contribution in [0.1, 0.15) is 21.5 Å². The van der Waals surface area contributed by atoms with Crippen LogP contribution in [0.25, 0.3) is 5.70 Å². The molecule has 0 saturated carbocycles. The van der Waals surface area contributed by atoms with Crippen LogP contribution in [0.5, 0.6) is 0 Å². The first-order chi connectivity index (χ1) is 9.13. The molecule has 0 radical (unpaired) electrons. The van der Waals surface area contributed by atoms with Crippen molar-refractivity contribution < 1.29 is 0 Å². The number of hydrogen-bond acceptors (Lipinski definition) is 2. The molecule has 0 saturated heterocycles. The zero-order valence-electron chi connectivity index (χ0n) is 10.8. The lowest BCUT2D eigenvalue weighted by Gasteiger charge is -2.25. The molecule has 19 heavy (non-hydrogen) atoms. The molecule has 2 aromatic heterocycles. The van der Waals surface area contributed by atoms with Gasteiger partial charge in [0.25, 0.3) is 0 Å². The van der Waals surface area contributed by atoms with E-state index in [1.807, 2.05) is 19.3 Å². The second-order valence-corrected chi connectivity index (χ2v) is 6.34. The smallest absolute Gasteiger partial charge is 0.171 e. The van der Waals surface area contributed by atoms with Crippen LogP contribution >= 0.6 is 23.6 Å². The molecule has 1 unspecified atom stereocenters. The fraction of sp³-hybridized carbons (Fsp3) is 0.214. The third kappa shape index (κ3) is 2.43. The highest BCUT2D eigenvalue weighted by Crippen LogP contribution is 2.28. The van der Waals surface area contributed by atoms with E-state index in [1.165, 1.54) is 9.75 Å². The van der Waals surface area contributed by atoms with E-state index < -0.39 is 0 Å². The molecule has 98 valence electrons. The lowest BCUT2D eigenvalue weighted by atomic mass is 10.1. The zero-order valence-corrected chi connectivity index (χ0v) is 12.4.